The number of nitriles is 1. The average molecular weight is 336 g/mol. The molecule has 6 nitrogen and oxygen atoms in total. The molecule has 0 fully saturated rings. The molecule has 0 atom stereocenters. The number of anilines is 1. The molecule has 0 spiro atoms. The molecular formula is C19H16N2O4. The molecule has 0 radical (unpaired) electrons. The zero-order chi connectivity index (χ0) is 17.8. The highest BCUT2D eigenvalue weighted by atomic mass is 16.5. The van der Waals surface area contributed by atoms with Crippen molar-refractivity contribution >= 4 is 33.6 Å². The van der Waals surface area contributed by atoms with Crippen LogP contribution in [0.5, 0.6) is 5.75 Å². The fourth-order valence-electron chi connectivity index (χ4n) is 2.53. The van der Waals surface area contributed by atoms with Crippen molar-refractivity contribution in [3.05, 3.63) is 48.2 Å². The molecule has 0 bridgehead atoms. The van der Waals surface area contributed by atoms with E-state index >= 15 is 0 Å². The third-order valence-corrected chi connectivity index (χ3v) is 3.69. The van der Waals surface area contributed by atoms with Crippen LogP contribution in [0.2, 0.25) is 0 Å². The van der Waals surface area contributed by atoms with Gasteiger partial charge in [0.1, 0.15) is 23.0 Å². The van der Waals surface area contributed by atoms with Crippen LogP contribution in [0, 0.1) is 11.3 Å². The molecule has 3 rings (SSSR count). The molecule has 3 aromatic rings. The Bertz CT molecular complexity index is 1010. The number of carbonyl (C=O) groups is 1. The Morgan fingerprint density at radius 2 is 2.08 bits per heavy atom. The molecule has 0 unspecified atom stereocenters. The van der Waals surface area contributed by atoms with Gasteiger partial charge < -0.3 is 19.2 Å². The summed E-state index contributed by atoms with van der Waals surface area (Å²) in [4.78, 5) is 11.7. The monoisotopic (exact) mass is 336 g/mol. The summed E-state index contributed by atoms with van der Waals surface area (Å²) in [7, 11) is 1.55. The van der Waals surface area contributed by atoms with Crippen molar-refractivity contribution in [2.45, 2.75) is 6.92 Å². The SMILES string of the molecule is CCOC(=O)/C(C#N)=C/Nc1cc2oc3ccccc3c2cc1OC. The van der Waals surface area contributed by atoms with E-state index in [-0.39, 0.29) is 12.2 Å². The maximum atomic E-state index is 11.7. The number of methoxy groups -OCH3 is 1. The highest BCUT2D eigenvalue weighted by Gasteiger charge is 2.13. The second-order valence-corrected chi connectivity index (χ2v) is 5.18. The number of rotatable bonds is 5. The molecule has 0 aliphatic carbocycles. The van der Waals surface area contributed by atoms with Crippen molar-refractivity contribution in [2.75, 3.05) is 19.0 Å². The van der Waals surface area contributed by atoms with E-state index in [4.69, 9.17) is 19.2 Å². The van der Waals surface area contributed by atoms with Gasteiger partial charge in [-0.3, -0.25) is 0 Å². The van der Waals surface area contributed by atoms with Crippen molar-refractivity contribution in [2.24, 2.45) is 0 Å². The topological polar surface area (TPSA) is 84.5 Å². The van der Waals surface area contributed by atoms with Gasteiger partial charge in [0, 0.05) is 23.0 Å². The molecule has 1 N–H and O–H groups in total. The molecule has 126 valence electrons. The van der Waals surface area contributed by atoms with Crippen molar-refractivity contribution in [3.63, 3.8) is 0 Å². The van der Waals surface area contributed by atoms with Gasteiger partial charge in [-0.15, -0.1) is 0 Å². The first-order chi connectivity index (χ1) is 12.2. The van der Waals surface area contributed by atoms with E-state index in [1.165, 1.54) is 6.20 Å². The zero-order valence-corrected chi connectivity index (χ0v) is 13.8. The number of para-hydroxylation sites is 1. The zero-order valence-electron chi connectivity index (χ0n) is 13.8. The van der Waals surface area contributed by atoms with Crippen molar-refractivity contribution < 1.29 is 18.7 Å². The van der Waals surface area contributed by atoms with Crippen LogP contribution < -0.4 is 10.1 Å². The minimum atomic E-state index is -0.679. The van der Waals surface area contributed by atoms with Gasteiger partial charge >= 0.3 is 5.97 Å². The summed E-state index contributed by atoms with van der Waals surface area (Å²) >= 11 is 0. The van der Waals surface area contributed by atoms with E-state index in [2.05, 4.69) is 5.32 Å². The number of esters is 1. The van der Waals surface area contributed by atoms with Gasteiger partial charge in [-0.25, -0.2) is 4.79 Å². The Kier molecular flexibility index (Phi) is 4.57. The maximum absolute atomic E-state index is 11.7. The van der Waals surface area contributed by atoms with E-state index in [1.54, 1.807) is 20.1 Å². The first kappa shape index (κ1) is 16.4. The summed E-state index contributed by atoms with van der Waals surface area (Å²) in [5.41, 5.74) is 1.89. The summed E-state index contributed by atoms with van der Waals surface area (Å²) in [6, 6.07) is 13.1. The second-order valence-electron chi connectivity index (χ2n) is 5.18. The lowest BCUT2D eigenvalue weighted by molar-refractivity contribution is -0.138. The van der Waals surface area contributed by atoms with Crippen LogP contribution in [0.4, 0.5) is 5.69 Å². The Morgan fingerprint density at radius 1 is 1.28 bits per heavy atom. The molecule has 6 heteroatoms. The first-order valence-corrected chi connectivity index (χ1v) is 7.71. The fraction of sp³-hybridized carbons (Fsp3) is 0.158. The maximum Gasteiger partial charge on any atom is 0.350 e. The number of benzene rings is 2. The highest BCUT2D eigenvalue weighted by molar-refractivity contribution is 6.06. The van der Waals surface area contributed by atoms with E-state index in [9.17, 15) is 4.79 Å². The molecular weight excluding hydrogens is 320 g/mol. The van der Waals surface area contributed by atoms with Gasteiger partial charge in [0.25, 0.3) is 0 Å². The molecule has 1 aromatic heterocycles. The fourth-order valence-corrected chi connectivity index (χ4v) is 2.53. The third-order valence-electron chi connectivity index (χ3n) is 3.69. The minimum absolute atomic E-state index is 0.131. The standard InChI is InChI=1S/C19H16N2O4/c1-3-24-19(22)12(10-20)11-21-15-9-17-14(8-18(15)23-2)13-6-4-5-7-16(13)25-17/h4-9,11,21H,3H2,1-2H3/b12-11+. The van der Waals surface area contributed by atoms with Crippen molar-refractivity contribution in [3.8, 4) is 11.8 Å². The van der Waals surface area contributed by atoms with Crippen LogP contribution in [0.15, 0.2) is 52.6 Å². The van der Waals surface area contributed by atoms with Gasteiger partial charge in [-0.1, -0.05) is 18.2 Å². The summed E-state index contributed by atoms with van der Waals surface area (Å²) in [5.74, 6) is -0.113. The lowest BCUT2D eigenvalue weighted by Crippen LogP contribution is -2.08. The van der Waals surface area contributed by atoms with Gasteiger partial charge in [0.05, 0.1) is 19.4 Å². The molecule has 0 saturated carbocycles. The Hall–Kier alpha value is -3.46. The summed E-state index contributed by atoms with van der Waals surface area (Å²) in [5, 5.41) is 13.9. The molecule has 0 aliphatic heterocycles. The lowest BCUT2D eigenvalue weighted by atomic mass is 10.1. The number of carbonyl (C=O) groups excluding carboxylic acids is 1. The molecule has 25 heavy (non-hydrogen) atoms. The van der Waals surface area contributed by atoms with Crippen molar-refractivity contribution in [1.82, 2.24) is 0 Å². The predicted molar refractivity (Wildman–Crippen MR) is 94.2 cm³/mol. The minimum Gasteiger partial charge on any atom is -0.495 e. The largest absolute Gasteiger partial charge is 0.495 e. The van der Waals surface area contributed by atoms with Gasteiger partial charge in [-0.05, 0) is 19.1 Å². The molecule has 0 amide bonds. The molecule has 1 heterocycles. The van der Waals surface area contributed by atoms with Crippen LogP contribution in [0.3, 0.4) is 0 Å². The first-order valence-electron chi connectivity index (χ1n) is 7.71. The molecule has 0 aliphatic rings. The molecule has 2 aromatic carbocycles. The van der Waals surface area contributed by atoms with Gasteiger partial charge in [0.15, 0.2) is 5.57 Å². The number of furan rings is 1. The Morgan fingerprint density at radius 3 is 2.80 bits per heavy atom. The highest BCUT2D eigenvalue weighted by Crippen LogP contribution is 2.36. The quantitative estimate of drug-likeness (QED) is 0.431. The lowest BCUT2D eigenvalue weighted by Gasteiger charge is -2.08. The molecule has 0 saturated heterocycles. The third kappa shape index (κ3) is 3.12. The van der Waals surface area contributed by atoms with Crippen LogP contribution in [-0.2, 0) is 9.53 Å². The van der Waals surface area contributed by atoms with Gasteiger partial charge in [0.2, 0.25) is 0 Å². The van der Waals surface area contributed by atoms with Crippen molar-refractivity contribution in [1.29, 1.82) is 5.26 Å². The van der Waals surface area contributed by atoms with E-state index in [0.717, 1.165) is 16.4 Å². The Labute approximate surface area is 144 Å². The van der Waals surface area contributed by atoms with E-state index in [1.807, 2.05) is 36.4 Å². The normalized spacial score (nSPS) is 11.3. The smallest absolute Gasteiger partial charge is 0.350 e. The van der Waals surface area contributed by atoms with E-state index < -0.39 is 5.97 Å². The summed E-state index contributed by atoms with van der Waals surface area (Å²) in [6.45, 7) is 1.88. The van der Waals surface area contributed by atoms with Crippen LogP contribution in [0.25, 0.3) is 21.9 Å². The average Bonchev–Trinajstić information content (AvgIpc) is 2.99. The van der Waals surface area contributed by atoms with E-state index in [0.29, 0.717) is 17.0 Å². The predicted octanol–water partition coefficient (Wildman–Crippen LogP) is 3.98. The van der Waals surface area contributed by atoms with Crippen LogP contribution in [0.1, 0.15) is 6.92 Å². The number of nitrogens with one attached hydrogen (secondary N) is 1. The van der Waals surface area contributed by atoms with Crippen LogP contribution >= 0.6 is 0 Å². The van der Waals surface area contributed by atoms with Crippen LogP contribution in [-0.4, -0.2) is 19.7 Å². The second kappa shape index (κ2) is 6.97. The number of ether oxygens (including phenoxy) is 2. The number of nitrogens with zero attached hydrogens (tertiary/aromatic N) is 1. The number of fused-ring (bicyclic) bond motifs is 3. The summed E-state index contributed by atoms with van der Waals surface area (Å²) < 4.78 is 16.1. The summed E-state index contributed by atoms with van der Waals surface area (Å²) in [6.07, 6.45) is 1.30. The number of hydrogen-bond donors (Lipinski definition) is 1. The number of hydrogen-bond acceptors (Lipinski definition) is 6. The Balaban J connectivity index is 2.02. The van der Waals surface area contributed by atoms with Gasteiger partial charge in [-0.2, -0.15) is 5.26 Å².